The van der Waals surface area contributed by atoms with Crippen molar-refractivity contribution in [2.24, 2.45) is 0 Å². The highest BCUT2D eigenvalue weighted by atomic mass is 16.6. The van der Waals surface area contributed by atoms with Crippen molar-refractivity contribution >= 4 is 57.5 Å². The van der Waals surface area contributed by atoms with Gasteiger partial charge in [0.05, 0.1) is 22.2 Å². The summed E-state index contributed by atoms with van der Waals surface area (Å²) in [6, 6.07) is 14.9. The summed E-state index contributed by atoms with van der Waals surface area (Å²) in [4.78, 5) is 68.1. The van der Waals surface area contributed by atoms with Gasteiger partial charge in [-0.1, -0.05) is 36.4 Å². The number of imide groups is 1. The van der Waals surface area contributed by atoms with Crippen LogP contribution in [0.25, 0.3) is 22.1 Å². The highest BCUT2D eigenvalue weighted by Crippen LogP contribution is 2.32. The molecule has 346 valence electrons. The van der Waals surface area contributed by atoms with Crippen LogP contribution in [0.1, 0.15) is 151 Å². The lowest BCUT2D eigenvalue weighted by molar-refractivity contribution is 0.0429. The van der Waals surface area contributed by atoms with Crippen LogP contribution in [0.3, 0.4) is 0 Å². The first kappa shape index (κ1) is 49.4. The molecule has 7 rings (SSSR count). The predicted octanol–water partition coefficient (Wildman–Crippen LogP) is 9.46. The first-order valence-electron chi connectivity index (χ1n) is 21.8. The summed E-state index contributed by atoms with van der Waals surface area (Å²) >= 11 is 0. The third-order valence-electron chi connectivity index (χ3n) is 9.71. The van der Waals surface area contributed by atoms with E-state index in [0.717, 1.165) is 46.0 Å². The number of hydrogen-bond donors (Lipinski definition) is 1. The molecule has 1 aliphatic heterocycles. The summed E-state index contributed by atoms with van der Waals surface area (Å²) in [6.07, 6.45) is 4.33. The Morgan fingerprint density at radius 3 is 1.51 bits per heavy atom. The summed E-state index contributed by atoms with van der Waals surface area (Å²) in [6.45, 7) is 23.3. The SMILES string of the molecule is C1CCOC1.CC(=O)c1cccc(Cc2nn(C(C)C)c3ncnc(N(C(=O)OC(C)(C)C)C(=O)OC(C)(C)C)c23)c1.CC(=O)c1cccc(Cc2nn(C(C)C)c3ncnc(N)c23)c1. The van der Waals surface area contributed by atoms with Crippen molar-refractivity contribution in [3.05, 3.63) is 94.8 Å². The van der Waals surface area contributed by atoms with Crippen molar-refractivity contribution in [1.29, 1.82) is 0 Å². The van der Waals surface area contributed by atoms with Gasteiger partial charge in [0.25, 0.3) is 0 Å². The third kappa shape index (κ3) is 13.0. The van der Waals surface area contributed by atoms with Gasteiger partial charge in [-0.15, -0.1) is 0 Å². The number of carbonyl (C=O) groups is 4. The number of ether oxygens (including phenoxy) is 3. The Kier molecular flexibility index (Phi) is 15.9. The summed E-state index contributed by atoms with van der Waals surface area (Å²) in [5, 5.41) is 10.6. The van der Waals surface area contributed by atoms with E-state index in [0.29, 0.717) is 46.5 Å². The van der Waals surface area contributed by atoms with E-state index in [9.17, 15) is 19.2 Å². The van der Waals surface area contributed by atoms with Crippen molar-refractivity contribution in [2.75, 3.05) is 23.8 Å². The van der Waals surface area contributed by atoms with Crippen molar-refractivity contribution in [3.63, 3.8) is 0 Å². The second kappa shape index (κ2) is 20.9. The van der Waals surface area contributed by atoms with E-state index in [-0.39, 0.29) is 29.5 Å². The second-order valence-corrected chi connectivity index (χ2v) is 18.3. The van der Waals surface area contributed by atoms with Gasteiger partial charge < -0.3 is 19.9 Å². The molecule has 0 bridgehead atoms. The van der Waals surface area contributed by atoms with Gasteiger partial charge in [0.15, 0.2) is 28.7 Å². The second-order valence-electron chi connectivity index (χ2n) is 18.3. The van der Waals surface area contributed by atoms with Gasteiger partial charge in [0.1, 0.15) is 29.7 Å². The maximum atomic E-state index is 13.3. The number of Topliss-reactive ketones (excluding diaryl/α,β-unsaturated/α-hetero) is 2. The summed E-state index contributed by atoms with van der Waals surface area (Å²) < 4.78 is 19.6. The van der Waals surface area contributed by atoms with Gasteiger partial charge in [-0.3, -0.25) is 9.59 Å². The molecule has 6 aromatic rings. The molecular weight excluding hydrogens is 829 g/mol. The van der Waals surface area contributed by atoms with Crippen LogP contribution in [-0.4, -0.2) is 87.7 Å². The Hall–Kier alpha value is -6.62. The largest absolute Gasteiger partial charge is 0.443 e. The fourth-order valence-corrected chi connectivity index (χ4v) is 6.79. The fourth-order valence-electron chi connectivity index (χ4n) is 6.79. The normalized spacial score (nSPS) is 12.7. The van der Waals surface area contributed by atoms with Crippen LogP contribution in [0.15, 0.2) is 61.2 Å². The highest BCUT2D eigenvalue weighted by molar-refractivity contribution is 6.13. The molecule has 4 aromatic heterocycles. The Balaban J connectivity index is 0.000000238. The number of nitrogen functional groups attached to an aromatic ring is 1. The van der Waals surface area contributed by atoms with E-state index in [2.05, 4.69) is 25.0 Å². The molecule has 0 spiro atoms. The minimum Gasteiger partial charge on any atom is -0.443 e. The molecule has 2 aromatic carbocycles. The topological polar surface area (TPSA) is 212 Å². The summed E-state index contributed by atoms with van der Waals surface area (Å²) in [7, 11) is 0. The number of nitrogens with two attached hydrogens (primary N) is 1. The van der Waals surface area contributed by atoms with E-state index in [1.165, 1.54) is 32.4 Å². The number of anilines is 2. The zero-order valence-corrected chi connectivity index (χ0v) is 39.6. The van der Waals surface area contributed by atoms with Crippen LogP contribution < -0.4 is 10.6 Å². The summed E-state index contributed by atoms with van der Waals surface area (Å²) in [5.74, 6) is 0.439. The molecule has 17 nitrogen and oxygen atoms in total. The van der Waals surface area contributed by atoms with Gasteiger partial charge in [-0.05, 0) is 119 Å². The molecule has 1 aliphatic rings. The highest BCUT2D eigenvalue weighted by Gasteiger charge is 2.36. The molecule has 0 atom stereocenters. The molecule has 0 radical (unpaired) electrons. The zero-order valence-electron chi connectivity index (χ0n) is 39.6. The molecule has 0 saturated carbocycles. The molecule has 2 amide bonds. The molecule has 1 fully saturated rings. The lowest BCUT2D eigenvalue weighted by Crippen LogP contribution is -2.44. The number of carbonyl (C=O) groups excluding carboxylic acids is 4. The van der Waals surface area contributed by atoms with Gasteiger partial charge in [-0.2, -0.15) is 15.1 Å². The predicted molar refractivity (Wildman–Crippen MR) is 249 cm³/mol. The van der Waals surface area contributed by atoms with Gasteiger partial charge >= 0.3 is 12.2 Å². The first-order chi connectivity index (χ1) is 30.5. The Morgan fingerprint density at radius 1 is 0.677 bits per heavy atom. The van der Waals surface area contributed by atoms with Crippen molar-refractivity contribution in [2.45, 2.75) is 132 Å². The van der Waals surface area contributed by atoms with Crippen LogP contribution in [0.4, 0.5) is 21.2 Å². The minimum absolute atomic E-state index is 0.0122. The minimum atomic E-state index is -0.927. The number of rotatable bonds is 9. The number of fused-ring (bicyclic) bond motifs is 2. The van der Waals surface area contributed by atoms with E-state index in [1.54, 1.807) is 71.3 Å². The Bertz CT molecular complexity index is 2620. The molecule has 17 heteroatoms. The van der Waals surface area contributed by atoms with Crippen molar-refractivity contribution < 1.29 is 33.4 Å². The maximum absolute atomic E-state index is 13.3. The van der Waals surface area contributed by atoms with Crippen LogP contribution >= 0.6 is 0 Å². The van der Waals surface area contributed by atoms with E-state index in [1.807, 2.05) is 62.7 Å². The molecule has 5 heterocycles. The van der Waals surface area contributed by atoms with Gasteiger partial charge in [-0.25, -0.2) is 38.9 Å². The van der Waals surface area contributed by atoms with E-state index in [4.69, 9.17) is 25.0 Å². The zero-order chi connectivity index (χ0) is 47.8. The number of hydrogen-bond acceptors (Lipinski definition) is 14. The van der Waals surface area contributed by atoms with Gasteiger partial charge in [0.2, 0.25) is 0 Å². The van der Waals surface area contributed by atoms with Crippen molar-refractivity contribution in [1.82, 2.24) is 39.5 Å². The van der Waals surface area contributed by atoms with Crippen LogP contribution in [0.2, 0.25) is 0 Å². The third-order valence-corrected chi connectivity index (χ3v) is 9.71. The van der Waals surface area contributed by atoms with E-state index >= 15 is 0 Å². The molecule has 0 aliphatic carbocycles. The maximum Gasteiger partial charge on any atom is 0.425 e. The molecule has 1 saturated heterocycles. The average molecular weight is 891 g/mol. The van der Waals surface area contributed by atoms with Gasteiger partial charge in [0, 0.05) is 49.3 Å². The van der Waals surface area contributed by atoms with E-state index < -0.39 is 23.4 Å². The number of ketones is 2. The number of amides is 2. The number of nitrogens with zero attached hydrogens (tertiary/aromatic N) is 9. The Labute approximate surface area is 380 Å². The standard InChI is InChI=1S/C27H35N5O5.C17H19N5O.C4H8O/c1-16(2)32-23-21(20(30-32)14-18-11-10-12-19(13-18)17(3)33)22(28-15-29-23)31(24(34)36-26(4,5)6)25(35)37-27(7,8)9;1-10(2)22-17-15(16(18)19-9-20-17)14(21-22)8-12-5-4-6-13(7-12)11(3)23;1-2-4-5-3-1/h10-13,15-16H,14H2,1-9H3;4-7,9-10H,8H2,1-3H3,(H2,18,19,20);1-4H2. The first-order valence-corrected chi connectivity index (χ1v) is 21.8. The molecular formula is C48H62N10O7. The van der Waals surface area contributed by atoms with Crippen LogP contribution in [0.5, 0.6) is 0 Å². The summed E-state index contributed by atoms with van der Waals surface area (Å²) in [5.41, 5.74) is 9.97. The lowest BCUT2D eigenvalue weighted by atomic mass is 10.0. The number of aromatic nitrogens is 8. The van der Waals surface area contributed by atoms with Crippen molar-refractivity contribution in [3.8, 4) is 0 Å². The Morgan fingerprint density at radius 2 is 1.11 bits per heavy atom. The smallest absolute Gasteiger partial charge is 0.425 e. The quantitative estimate of drug-likeness (QED) is 0.134. The lowest BCUT2D eigenvalue weighted by Gasteiger charge is -2.28. The molecule has 2 N–H and O–H groups in total. The van der Waals surface area contributed by atoms with Crippen LogP contribution in [0, 0.1) is 0 Å². The van der Waals surface area contributed by atoms with Crippen LogP contribution in [-0.2, 0) is 27.1 Å². The number of benzene rings is 2. The molecule has 0 unspecified atom stereocenters. The fraction of sp³-hybridized carbons (Fsp3) is 0.458. The monoisotopic (exact) mass is 890 g/mol. The average Bonchev–Trinajstić information content (AvgIpc) is 3.99. The molecule has 65 heavy (non-hydrogen) atoms.